The SMILES string of the molecule is CC(=O)NC1C(O)C(C)OC(OC2C=CC=CC=CC=CC=CC=CC=CC(C)C(O)C(C)C(C)OC(=O)CC(O)CC(O)CCC(O)C(O)CC(O)CC3(O)CC(O)C(C(=O)NCCCCCCNC(=O)C4C(O)CC5(O)CC(O)CC(O)C(O)CCC(O)CC(O)CC(=O)OC(C)C(C)C(O)C(C)C=CC=CC=CC=CC=CC=CC=CC(OC6OC(C)C(O)C(NC(C)=O)C6O)CC4O5)C(C2)O3)C1O. The molecule has 6 rings (SSSR count). The lowest BCUT2D eigenvalue weighted by Gasteiger charge is -2.46. The standard InChI is InChI=1S/C104H162N4O34/c1-61-39-33-27-23-19-15-11-13-17-21-25-29-35-41-77(139-101-97(129)91(107-69(9)109)95(127)67(7)137-101)55-85-89(83(121)59-103(133,141-85)57-75(115)51-81(119)79(117)45-43-71(111)49-73(113)53-87(123)135-65(5)63(3)93(61)125)99(131)105-47-37-31-32-38-48-106-100(132)90-84(122)60-104(134)58-76(116)52-82(120)80(118)46-44-72(112)50-74(114)54-88(124)136-66(6)64(4)94(126)62(2)40-34-28-24-20-16-12-14-18-22-26-30-36-42-78(56-86(90)142-104)140-102-98(130)92(108-70(10)110)96(128)68(8)138-102/h11-30,33-36,39-42,61-68,71-86,89-98,101-102,111-122,125-130,133-134H,31-32,37-38,43-60H2,1-10H3,(H,105,131)(H,106,132)(H,107,109)(H,108,110). The van der Waals surface area contributed by atoms with Gasteiger partial charge in [0.05, 0.1) is 159 Å². The number of amides is 4. The van der Waals surface area contributed by atoms with E-state index in [0.29, 0.717) is 25.7 Å². The largest absolute Gasteiger partial charge is 0.462 e. The van der Waals surface area contributed by atoms with Gasteiger partial charge in [-0.1, -0.05) is 211 Å². The number of aliphatic hydroxyl groups is 20. The predicted molar refractivity (Wildman–Crippen MR) is 522 cm³/mol. The second-order valence-corrected chi connectivity index (χ2v) is 38.8. The summed E-state index contributed by atoms with van der Waals surface area (Å²) in [5.74, 6) is -14.0. The van der Waals surface area contributed by atoms with Crippen molar-refractivity contribution in [3.05, 3.63) is 170 Å². The van der Waals surface area contributed by atoms with E-state index in [-0.39, 0.29) is 63.5 Å². The lowest BCUT2D eigenvalue weighted by atomic mass is 9.82. The molecule has 38 atom stereocenters. The second-order valence-electron chi connectivity index (χ2n) is 38.8. The van der Waals surface area contributed by atoms with E-state index in [2.05, 4.69) is 21.3 Å². The van der Waals surface area contributed by atoms with Crippen molar-refractivity contribution in [1.29, 1.82) is 0 Å². The summed E-state index contributed by atoms with van der Waals surface area (Å²) in [7, 11) is 0. The predicted octanol–water partition coefficient (Wildman–Crippen LogP) is 2.42. The van der Waals surface area contributed by atoms with E-state index in [4.69, 9.17) is 37.9 Å². The highest BCUT2D eigenvalue weighted by Gasteiger charge is 2.54. The summed E-state index contributed by atoms with van der Waals surface area (Å²) in [6.45, 7) is 15.6. The molecule has 4 amide bonds. The van der Waals surface area contributed by atoms with E-state index >= 15 is 0 Å². The molecule has 4 fully saturated rings. The van der Waals surface area contributed by atoms with Crippen LogP contribution in [0, 0.1) is 35.5 Å². The van der Waals surface area contributed by atoms with Gasteiger partial charge in [0.1, 0.15) is 36.6 Å². The lowest BCUT2D eigenvalue weighted by Crippen LogP contribution is -2.64. The number of allylic oxidation sites excluding steroid dienone is 24. The first kappa shape index (κ1) is 123. The Balaban J connectivity index is 1.24. The number of unbranched alkanes of at least 4 members (excludes halogenated alkanes) is 3. The van der Waals surface area contributed by atoms with Crippen LogP contribution in [0.25, 0.3) is 0 Å². The van der Waals surface area contributed by atoms with Gasteiger partial charge in [-0.2, -0.15) is 0 Å². The maximum atomic E-state index is 14.8. The molecule has 802 valence electrons. The van der Waals surface area contributed by atoms with Gasteiger partial charge in [0, 0.05) is 102 Å². The number of ether oxygens (including phenoxy) is 8. The summed E-state index contributed by atoms with van der Waals surface area (Å²) in [4.78, 5) is 80.3. The molecule has 38 heteroatoms. The normalized spacial score (nSPS) is 39.5. The third-order valence-electron chi connectivity index (χ3n) is 26.4. The first-order valence-electron chi connectivity index (χ1n) is 49.7. The van der Waals surface area contributed by atoms with Gasteiger partial charge in [-0.05, 0) is 79.1 Å². The number of nitrogens with one attached hydrogen (secondary N) is 4. The van der Waals surface area contributed by atoms with Crippen LogP contribution in [-0.2, 0) is 66.7 Å². The van der Waals surface area contributed by atoms with Crippen LogP contribution in [0.1, 0.15) is 198 Å². The molecule has 0 saturated carbocycles. The van der Waals surface area contributed by atoms with Gasteiger partial charge >= 0.3 is 11.9 Å². The van der Waals surface area contributed by atoms with Crippen LogP contribution >= 0.6 is 0 Å². The van der Waals surface area contributed by atoms with Gasteiger partial charge in [-0.15, -0.1) is 0 Å². The van der Waals surface area contributed by atoms with Crippen molar-refractivity contribution in [3.8, 4) is 0 Å². The van der Waals surface area contributed by atoms with Crippen molar-refractivity contribution in [2.75, 3.05) is 13.1 Å². The Hall–Kier alpha value is -7.86. The highest BCUT2D eigenvalue weighted by Crippen LogP contribution is 2.42. The fourth-order valence-corrected chi connectivity index (χ4v) is 18.0. The molecule has 6 heterocycles. The lowest BCUT2D eigenvalue weighted by molar-refractivity contribution is -0.308. The number of esters is 2. The molecule has 4 bridgehead atoms. The van der Waals surface area contributed by atoms with E-state index in [1.807, 2.05) is 0 Å². The van der Waals surface area contributed by atoms with Gasteiger partial charge in [0.25, 0.3) is 0 Å². The zero-order valence-corrected chi connectivity index (χ0v) is 83.2. The van der Waals surface area contributed by atoms with Crippen LogP contribution in [0.5, 0.6) is 0 Å². The number of cyclic esters (lactones) is 2. The molecule has 38 unspecified atom stereocenters. The zero-order valence-electron chi connectivity index (χ0n) is 83.2. The average molecular weight is 2010 g/mol. The third kappa shape index (κ3) is 43.3. The summed E-state index contributed by atoms with van der Waals surface area (Å²) >= 11 is 0. The Morgan fingerprint density at radius 3 is 0.951 bits per heavy atom. The van der Waals surface area contributed by atoms with E-state index in [0.717, 1.165) is 0 Å². The van der Waals surface area contributed by atoms with E-state index in [1.165, 1.54) is 39.8 Å². The number of fused-ring (bicyclic) bond motifs is 4. The number of carbonyl (C=O) groups is 6. The fourth-order valence-electron chi connectivity index (χ4n) is 18.0. The van der Waals surface area contributed by atoms with E-state index in [9.17, 15) is 131 Å². The van der Waals surface area contributed by atoms with E-state index < -0.39 is 318 Å². The molecule has 0 aromatic rings. The molecule has 0 aromatic carbocycles. The van der Waals surface area contributed by atoms with Crippen molar-refractivity contribution < 1.29 is 169 Å². The van der Waals surface area contributed by atoms with Crippen molar-refractivity contribution in [3.63, 3.8) is 0 Å². The van der Waals surface area contributed by atoms with Crippen molar-refractivity contribution in [1.82, 2.24) is 21.3 Å². The molecule has 0 aliphatic carbocycles. The third-order valence-corrected chi connectivity index (χ3v) is 26.4. The van der Waals surface area contributed by atoms with Gasteiger partial charge < -0.3 is 161 Å². The molecular weight excluding hydrogens is 1850 g/mol. The number of aliphatic hydroxyl groups excluding tert-OH is 18. The van der Waals surface area contributed by atoms with Crippen LogP contribution in [-0.4, -0.2) is 346 Å². The topological polar surface area (TPSA) is 629 Å². The first-order valence-corrected chi connectivity index (χ1v) is 49.7. The van der Waals surface area contributed by atoms with Crippen LogP contribution in [0.3, 0.4) is 0 Å². The minimum absolute atomic E-state index is 0.0198. The Morgan fingerprint density at radius 2 is 0.641 bits per heavy atom. The van der Waals surface area contributed by atoms with Crippen LogP contribution in [0.2, 0.25) is 0 Å². The Kier molecular flexibility index (Phi) is 54.5. The summed E-state index contributed by atoms with van der Waals surface area (Å²) in [5, 5.41) is 239. The quantitative estimate of drug-likeness (QED) is 0.0827. The van der Waals surface area contributed by atoms with Crippen LogP contribution in [0.15, 0.2) is 170 Å². The summed E-state index contributed by atoms with van der Waals surface area (Å²) in [6.07, 6.45) is 2.73. The monoisotopic (exact) mass is 2010 g/mol. The van der Waals surface area contributed by atoms with Gasteiger partial charge in [0.15, 0.2) is 24.2 Å². The van der Waals surface area contributed by atoms with E-state index in [1.54, 1.807) is 200 Å². The van der Waals surface area contributed by atoms with Gasteiger partial charge in [-0.3, -0.25) is 28.8 Å². The maximum absolute atomic E-state index is 14.8. The molecule has 24 N–H and O–H groups in total. The number of carbonyl (C=O) groups excluding carboxylic acids is 6. The highest BCUT2D eigenvalue weighted by atomic mass is 16.7. The smallest absolute Gasteiger partial charge is 0.308 e. The Labute approximate surface area is 833 Å². The van der Waals surface area contributed by atoms with Crippen molar-refractivity contribution in [2.45, 2.75) is 393 Å². The second kappa shape index (κ2) is 63.0. The Bertz CT molecular complexity index is 3970. The Morgan fingerprint density at radius 1 is 0.338 bits per heavy atom. The summed E-state index contributed by atoms with van der Waals surface area (Å²) < 4.78 is 48.7. The molecule has 0 aromatic heterocycles. The molecule has 142 heavy (non-hydrogen) atoms. The fraction of sp³-hybridized carbons (Fsp3) is 0.673. The molecule has 6 aliphatic heterocycles. The molecular formula is C104H162N4O34. The van der Waals surface area contributed by atoms with Crippen LogP contribution in [0.4, 0.5) is 0 Å². The average Bonchev–Trinajstić information content (AvgIpc) is 0.782. The minimum Gasteiger partial charge on any atom is -0.462 e. The maximum Gasteiger partial charge on any atom is 0.308 e. The first-order chi connectivity index (χ1) is 67.2. The minimum atomic E-state index is -2.48. The van der Waals surface area contributed by atoms with Crippen LogP contribution < -0.4 is 21.3 Å². The molecule has 6 aliphatic rings. The summed E-state index contributed by atoms with van der Waals surface area (Å²) in [6, 6.07) is -2.61. The number of hydrogen-bond donors (Lipinski definition) is 24. The molecule has 0 spiro atoms. The number of rotatable bonds is 15. The molecule has 0 radical (unpaired) electrons. The zero-order chi connectivity index (χ0) is 105. The highest BCUT2D eigenvalue weighted by molar-refractivity contribution is 5.81. The molecule has 38 nitrogen and oxygen atoms in total. The van der Waals surface area contributed by atoms with Gasteiger partial charge in [-0.25, -0.2) is 0 Å². The number of hydrogen-bond acceptors (Lipinski definition) is 34. The summed E-state index contributed by atoms with van der Waals surface area (Å²) in [5.41, 5.74) is 0. The van der Waals surface area contributed by atoms with Crippen molar-refractivity contribution >= 4 is 35.6 Å². The van der Waals surface area contributed by atoms with Crippen molar-refractivity contribution in [2.24, 2.45) is 35.5 Å². The van der Waals surface area contributed by atoms with Gasteiger partial charge in [0.2, 0.25) is 23.6 Å². The molecule has 4 saturated heterocycles.